The van der Waals surface area contributed by atoms with Gasteiger partial charge in [-0.2, -0.15) is 0 Å². The maximum absolute atomic E-state index is 10.7. The van der Waals surface area contributed by atoms with Gasteiger partial charge in [-0.05, 0) is 25.2 Å². The molecule has 0 saturated heterocycles. The first-order valence-corrected chi connectivity index (χ1v) is 5.89. The van der Waals surface area contributed by atoms with Crippen LogP contribution in [0.2, 0.25) is 0 Å². The number of rotatable bonds is 3. The van der Waals surface area contributed by atoms with Crippen molar-refractivity contribution in [2.45, 2.75) is 19.3 Å². The highest BCUT2D eigenvalue weighted by Gasteiger charge is 2.13. The van der Waals surface area contributed by atoms with Crippen molar-refractivity contribution in [2.75, 3.05) is 0 Å². The molecule has 1 unspecified atom stereocenters. The van der Waals surface area contributed by atoms with Gasteiger partial charge in [0, 0.05) is 0 Å². The Bertz CT molecular complexity index is 448. The molecular weight excluding hydrogens is 212 g/mol. The molecule has 0 aromatic rings. The molecule has 0 saturated carbocycles. The van der Waals surface area contributed by atoms with Gasteiger partial charge in [0.25, 0.3) is 0 Å². The van der Waals surface area contributed by atoms with E-state index in [2.05, 4.69) is 30.4 Å². The molecule has 88 valence electrons. The lowest BCUT2D eigenvalue weighted by Gasteiger charge is -2.15. The van der Waals surface area contributed by atoms with Crippen LogP contribution >= 0.6 is 0 Å². The third-order valence-electron chi connectivity index (χ3n) is 3.01. The van der Waals surface area contributed by atoms with Gasteiger partial charge >= 0.3 is 5.97 Å². The zero-order chi connectivity index (χ0) is 12.1. The summed E-state index contributed by atoms with van der Waals surface area (Å²) in [5, 5.41) is 8.83. The summed E-state index contributed by atoms with van der Waals surface area (Å²) in [4.78, 5) is 10.7. The zero-order valence-corrected chi connectivity index (χ0v) is 9.67. The van der Waals surface area contributed by atoms with Crippen molar-refractivity contribution in [3.05, 3.63) is 59.8 Å². The van der Waals surface area contributed by atoms with E-state index in [4.69, 9.17) is 5.11 Å². The molecular formula is C15H16O2. The molecule has 17 heavy (non-hydrogen) atoms. The van der Waals surface area contributed by atoms with Crippen LogP contribution in [0.4, 0.5) is 0 Å². The molecule has 0 aromatic carbocycles. The fraction of sp³-hybridized carbons (Fsp3) is 0.267. The highest BCUT2D eigenvalue weighted by molar-refractivity contribution is 5.90. The van der Waals surface area contributed by atoms with Crippen molar-refractivity contribution < 1.29 is 9.90 Å². The van der Waals surface area contributed by atoms with E-state index in [-0.39, 0.29) is 0 Å². The molecule has 2 aliphatic carbocycles. The van der Waals surface area contributed by atoms with Gasteiger partial charge < -0.3 is 5.11 Å². The molecule has 2 nitrogen and oxygen atoms in total. The van der Waals surface area contributed by atoms with Crippen LogP contribution in [-0.4, -0.2) is 11.1 Å². The number of hydrogen-bond donors (Lipinski definition) is 1. The monoisotopic (exact) mass is 228 g/mol. The van der Waals surface area contributed by atoms with Crippen molar-refractivity contribution in [1.29, 1.82) is 0 Å². The van der Waals surface area contributed by atoms with E-state index in [1.165, 1.54) is 5.57 Å². The maximum atomic E-state index is 10.7. The molecule has 0 aromatic heterocycles. The van der Waals surface area contributed by atoms with Gasteiger partial charge in [-0.3, -0.25) is 0 Å². The van der Waals surface area contributed by atoms with Crippen LogP contribution in [-0.2, 0) is 4.79 Å². The van der Waals surface area contributed by atoms with E-state index in [9.17, 15) is 4.79 Å². The van der Waals surface area contributed by atoms with E-state index in [0.29, 0.717) is 11.5 Å². The minimum Gasteiger partial charge on any atom is -0.478 e. The Morgan fingerprint density at radius 1 is 1.29 bits per heavy atom. The lowest BCUT2D eigenvalue weighted by molar-refractivity contribution is -0.132. The van der Waals surface area contributed by atoms with E-state index < -0.39 is 5.97 Å². The predicted octanol–water partition coefficient (Wildman–Crippen LogP) is 3.41. The average molecular weight is 228 g/mol. The van der Waals surface area contributed by atoms with Gasteiger partial charge in [0.15, 0.2) is 0 Å². The Hall–Kier alpha value is -1.83. The third-order valence-corrected chi connectivity index (χ3v) is 3.01. The van der Waals surface area contributed by atoms with E-state index in [0.717, 1.165) is 19.3 Å². The number of allylic oxidation sites excluding steroid dienone is 8. The standard InChI is InChI=1S/C15H16O2/c16-15(17)14-9-7-13(8-10-14)11-12-5-3-1-2-4-6-12/h1-3,5-7,9-10,13H,4,8,11H2,(H,16,17). The van der Waals surface area contributed by atoms with E-state index in [1.807, 2.05) is 12.2 Å². The predicted molar refractivity (Wildman–Crippen MR) is 68.6 cm³/mol. The number of carboxylic acids is 1. The molecule has 0 radical (unpaired) electrons. The Balaban J connectivity index is 1.93. The van der Waals surface area contributed by atoms with E-state index >= 15 is 0 Å². The van der Waals surface area contributed by atoms with Crippen molar-refractivity contribution in [2.24, 2.45) is 5.92 Å². The zero-order valence-electron chi connectivity index (χ0n) is 9.67. The van der Waals surface area contributed by atoms with Crippen molar-refractivity contribution in [3.8, 4) is 0 Å². The van der Waals surface area contributed by atoms with Gasteiger partial charge in [-0.25, -0.2) is 4.79 Å². The Morgan fingerprint density at radius 3 is 2.88 bits per heavy atom. The number of aliphatic carboxylic acids is 1. The van der Waals surface area contributed by atoms with Gasteiger partial charge in [-0.15, -0.1) is 0 Å². The molecule has 0 aliphatic heterocycles. The highest BCUT2D eigenvalue weighted by Crippen LogP contribution is 2.24. The summed E-state index contributed by atoms with van der Waals surface area (Å²) in [7, 11) is 0. The van der Waals surface area contributed by atoms with Crippen LogP contribution in [0.3, 0.4) is 0 Å². The summed E-state index contributed by atoms with van der Waals surface area (Å²) in [6.07, 6.45) is 18.9. The lowest BCUT2D eigenvalue weighted by atomic mass is 9.90. The average Bonchev–Trinajstić information content (AvgIpc) is 2.58. The molecule has 2 rings (SSSR count). The number of carbonyl (C=O) groups is 1. The summed E-state index contributed by atoms with van der Waals surface area (Å²) < 4.78 is 0. The fourth-order valence-corrected chi connectivity index (χ4v) is 2.05. The summed E-state index contributed by atoms with van der Waals surface area (Å²) in [6, 6.07) is 0. The van der Waals surface area contributed by atoms with Crippen LogP contribution in [0, 0.1) is 5.92 Å². The van der Waals surface area contributed by atoms with Gasteiger partial charge in [0.05, 0.1) is 5.57 Å². The van der Waals surface area contributed by atoms with Crippen molar-refractivity contribution >= 4 is 5.97 Å². The smallest absolute Gasteiger partial charge is 0.335 e. The summed E-state index contributed by atoms with van der Waals surface area (Å²) in [5.41, 5.74) is 1.74. The first-order chi connectivity index (χ1) is 8.25. The minimum atomic E-state index is -0.836. The molecule has 0 amide bonds. The van der Waals surface area contributed by atoms with Crippen LogP contribution < -0.4 is 0 Å². The van der Waals surface area contributed by atoms with E-state index in [1.54, 1.807) is 6.08 Å². The lowest BCUT2D eigenvalue weighted by Crippen LogP contribution is -2.06. The topological polar surface area (TPSA) is 37.3 Å². The molecule has 2 aliphatic rings. The second-order valence-corrected chi connectivity index (χ2v) is 4.33. The third kappa shape index (κ3) is 3.31. The summed E-state index contributed by atoms with van der Waals surface area (Å²) >= 11 is 0. The normalized spacial score (nSPS) is 22.9. The van der Waals surface area contributed by atoms with Crippen LogP contribution in [0.25, 0.3) is 0 Å². The molecule has 0 spiro atoms. The van der Waals surface area contributed by atoms with Crippen LogP contribution in [0.15, 0.2) is 59.8 Å². The molecule has 1 atom stereocenters. The summed E-state index contributed by atoms with van der Waals surface area (Å²) in [6.45, 7) is 0. The first kappa shape index (κ1) is 11.6. The van der Waals surface area contributed by atoms with Crippen LogP contribution in [0.1, 0.15) is 19.3 Å². The summed E-state index contributed by atoms with van der Waals surface area (Å²) in [5.74, 6) is -0.412. The fourth-order valence-electron chi connectivity index (χ4n) is 2.05. The number of hydrogen-bond acceptors (Lipinski definition) is 1. The van der Waals surface area contributed by atoms with Crippen molar-refractivity contribution in [1.82, 2.24) is 0 Å². The molecule has 0 bridgehead atoms. The Labute approximate surface area is 101 Å². The Morgan fingerprint density at radius 2 is 2.18 bits per heavy atom. The SMILES string of the molecule is O=C(O)C1=CCC(CC2=CCC=CC=C2)C=C1. The molecule has 1 N–H and O–H groups in total. The highest BCUT2D eigenvalue weighted by atomic mass is 16.4. The second-order valence-electron chi connectivity index (χ2n) is 4.33. The van der Waals surface area contributed by atoms with Gasteiger partial charge in [0.1, 0.15) is 0 Å². The minimum absolute atomic E-state index is 0.410. The molecule has 0 fully saturated rings. The van der Waals surface area contributed by atoms with Gasteiger partial charge in [-0.1, -0.05) is 54.2 Å². The molecule has 0 heterocycles. The molecule has 2 heteroatoms. The quantitative estimate of drug-likeness (QED) is 0.803. The maximum Gasteiger partial charge on any atom is 0.335 e. The largest absolute Gasteiger partial charge is 0.478 e. The first-order valence-electron chi connectivity index (χ1n) is 5.89. The second kappa shape index (κ2) is 5.48. The van der Waals surface area contributed by atoms with Gasteiger partial charge in [0.2, 0.25) is 0 Å². The Kier molecular flexibility index (Phi) is 3.76. The van der Waals surface area contributed by atoms with Crippen LogP contribution in [0.5, 0.6) is 0 Å². The van der Waals surface area contributed by atoms with Crippen molar-refractivity contribution in [3.63, 3.8) is 0 Å². The number of carboxylic acid groups (broad SMARTS) is 1.